The molecule has 2 amide bonds. The van der Waals surface area contributed by atoms with E-state index in [0.717, 1.165) is 18.4 Å². The van der Waals surface area contributed by atoms with Crippen molar-refractivity contribution in [3.05, 3.63) is 47.6 Å². The highest BCUT2D eigenvalue weighted by atomic mass is 16.5. The third-order valence-corrected chi connectivity index (χ3v) is 5.31. The minimum absolute atomic E-state index is 0.00333. The van der Waals surface area contributed by atoms with Gasteiger partial charge in [-0.2, -0.15) is 4.98 Å². The summed E-state index contributed by atoms with van der Waals surface area (Å²) in [6, 6.07) is 9.63. The zero-order chi connectivity index (χ0) is 19.3. The maximum atomic E-state index is 12.3. The number of carbonyl (C=O) groups is 2. The molecule has 0 radical (unpaired) electrons. The molecule has 1 aromatic carbocycles. The van der Waals surface area contributed by atoms with Crippen LogP contribution in [0.2, 0.25) is 0 Å². The Bertz CT molecular complexity index is 817. The van der Waals surface area contributed by atoms with Gasteiger partial charge >= 0.3 is 0 Å². The summed E-state index contributed by atoms with van der Waals surface area (Å²) in [5, 5.41) is 6.85. The summed E-state index contributed by atoms with van der Waals surface area (Å²) < 4.78 is 10.7. The number of aromatic nitrogens is 2. The monoisotopic (exact) mass is 384 g/mol. The van der Waals surface area contributed by atoms with Crippen LogP contribution in [-0.4, -0.2) is 40.1 Å². The quantitative estimate of drug-likeness (QED) is 0.818. The molecule has 2 saturated heterocycles. The molecule has 1 N–H and O–H groups in total. The molecule has 3 heterocycles. The van der Waals surface area contributed by atoms with Gasteiger partial charge in [-0.15, -0.1) is 0 Å². The van der Waals surface area contributed by atoms with Gasteiger partial charge in [0.2, 0.25) is 17.7 Å². The predicted molar refractivity (Wildman–Crippen MR) is 98.7 cm³/mol. The van der Waals surface area contributed by atoms with E-state index in [1.807, 2.05) is 30.3 Å². The molecule has 4 rings (SSSR count). The molecule has 0 unspecified atom stereocenters. The number of amides is 2. The predicted octanol–water partition coefficient (Wildman–Crippen LogP) is 1.98. The highest BCUT2D eigenvalue weighted by molar-refractivity contribution is 5.79. The Kier molecular flexibility index (Phi) is 5.66. The minimum atomic E-state index is -0.222. The van der Waals surface area contributed by atoms with Crippen molar-refractivity contribution in [2.45, 2.75) is 44.8 Å². The van der Waals surface area contributed by atoms with Crippen LogP contribution in [0.3, 0.4) is 0 Å². The van der Waals surface area contributed by atoms with Gasteiger partial charge in [-0.3, -0.25) is 9.59 Å². The van der Waals surface area contributed by atoms with Crippen molar-refractivity contribution >= 4 is 11.8 Å². The maximum absolute atomic E-state index is 12.3. The van der Waals surface area contributed by atoms with Crippen molar-refractivity contribution < 1.29 is 18.8 Å². The second-order valence-corrected chi connectivity index (χ2v) is 7.22. The highest BCUT2D eigenvalue weighted by Crippen LogP contribution is 2.33. The van der Waals surface area contributed by atoms with E-state index < -0.39 is 0 Å². The first kappa shape index (κ1) is 18.6. The van der Waals surface area contributed by atoms with Gasteiger partial charge in [-0.25, -0.2) is 0 Å². The Balaban J connectivity index is 1.37. The Morgan fingerprint density at radius 2 is 1.96 bits per heavy atom. The summed E-state index contributed by atoms with van der Waals surface area (Å²) in [4.78, 5) is 30.8. The number of nitrogens with zero attached hydrogens (tertiary/aromatic N) is 3. The first-order valence-electron chi connectivity index (χ1n) is 9.72. The van der Waals surface area contributed by atoms with Crippen molar-refractivity contribution in [2.75, 3.05) is 13.2 Å². The van der Waals surface area contributed by atoms with E-state index in [-0.39, 0.29) is 30.3 Å². The second-order valence-electron chi connectivity index (χ2n) is 7.22. The van der Waals surface area contributed by atoms with Crippen LogP contribution >= 0.6 is 0 Å². The second kappa shape index (κ2) is 8.52. The fourth-order valence-electron chi connectivity index (χ4n) is 3.71. The van der Waals surface area contributed by atoms with Crippen molar-refractivity contribution in [1.82, 2.24) is 20.4 Å². The van der Waals surface area contributed by atoms with E-state index in [1.165, 1.54) is 0 Å². The first-order chi connectivity index (χ1) is 13.7. The van der Waals surface area contributed by atoms with Crippen LogP contribution in [0.5, 0.6) is 0 Å². The van der Waals surface area contributed by atoms with Gasteiger partial charge in [-0.05, 0) is 24.8 Å². The molecule has 28 heavy (non-hydrogen) atoms. The summed E-state index contributed by atoms with van der Waals surface area (Å²) in [5.74, 6) is 0.915. The zero-order valence-corrected chi connectivity index (χ0v) is 15.7. The molecule has 2 fully saturated rings. The summed E-state index contributed by atoms with van der Waals surface area (Å²) in [7, 11) is 0. The average molecular weight is 384 g/mol. The maximum Gasteiger partial charge on any atom is 0.249 e. The first-order valence-corrected chi connectivity index (χ1v) is 9.72. The number of likely N-dealkylation sites (tertiary alicyclic amines) is 1. The van der Waals surface area contributed by atoms with Gasteiger partial charge in [-0.1, -0.05) is 35.5 Å². The van der Waals surface area contributed by atoms with E-state index in [4.69, 9.17) is 9.26 Å². The summed E-state index contributed by atoms with van der Waals surface area (Å²) in [6.07, 6.45) is 2.60. The molecule has 0 bridgehead atoms. The van der Waals surface area contributed by atoms with Gasteiger partial charge in [0.15, 0.2) is 5.82 Å². The number of nitrogens with one attached hydrogen (secondary N) is 1. The molecule has 2 aromatic rings. The molecular weight excluding hydrogens is 360 g/mol. The van der Waals surface area contributed by atoms with Gasteiger partial charge in [0, 0.05) is 32.1 Å². The van der Waals surface area contributed by atoms with Crippen LogP contribution in [0.15, 0.2) is 34.9 Å². The van der Waals surface area contributed by atoms with Gasteiger partial charge in [0.05, 0.1) is 6.54 Å². The van der Waals surface area contributed by atoms with Crippen LogP contribution in [0.1, 0.15) is 49.0 Å². The van der Waals surface area contributed by atoms with Gasteiger partial charge < -0.3 is 19.5 Å². The normalized spacial score (nSPS) is 20.5. The molecule has 1 atom stereocenters. The van der Waals surface area contributed by atoms with Gasteiger partial charge in [0.1, 0.15) is 6.04 Å². The van der Waals surface area contributed by atoms with E-state index in [9.17, 15) is 9.59 Å². The fraction of sp³-hybridized carbons (Fsp3) is 0.500. The Labute approximate surface area is 163 Å². The standard InChI is InChI=1S/C20H24N4O4/c25-18-7-6-16(24(18)13-14-4-2-1-3-5-14)20-22-17(23-28-20)12-21-19(26)15-8-10-27-11-9-15/h1-5,15-16H,6-13H2,(H,21,26)/t16-/m0/s1. The largest absolute Gasteiger partial charge is 0.381 e. The van der Waals surface area contributed by atoms with Crippen LogP contribution in [0.4, 0.5) is 0 Å². The van der Waals surface area contributed by atoms with Crippen LogP contribution in [-0.2, 0) is 27.4 Å². The Morgan fingerprint density at radius 3 is 2.75 bits per heavy atom. The van der Waals surface area contributed by atoms with Gasteiger partial charge in [0.25, 0.3) is 0 Å². The van der Waals surface area contributed by atoms with E-state index in [0.29, 0.717) is 44.3 Å². The number of ether oxygens (including phenoxy) is 1. The van der Waals surface area contributed by atoms with Crippen LogP contribution in [0.25, 0.3) is 0 Å². The topological polar surface area (TPSA) is 97.6 Å². The number of hydrogen-bond donors (Lipinski definition) is 1. The van der Waals surface area contributed by atoms with Crippen molar-refractivity contribution in [3.63, 3.8) is 0 Å². The molecule has 148 valence electrons. The SMILES string of the molecule is O=C(NCc1noc([C@@H]2CCC(=O)N2Cc2ccccc2)n1)C1CCOCC1. The molecule has 0 aliphatic carbocycles. The molecule has 8 heteroatoms. The van der Waals surface area contributed by atoms with Crippen molar-refractivity contribution in [2.24, 2.45) is 5.92 Å². The highest BCUT2D eigenvalue weighted by Gasteiger charge is 2.36. The van der Waals surface area contributed by atoms with Crippen molar-refractivity contribution in [3.8, 4) is 0 Å². The fourth-order valence-corrected chi connectivity index (χ4v) is 3.71. The summed E-state index contributed by atoms with van der Waals surface area (Å²) >= 11 is 0. The lowest BCUT2D eigenvalue weighted by molar-refractivity contribution is -0.130. The summed E-state index contributed by atoms with van der Waals surface area (Å²) in [6.45, 7) is 1.98. The third-order valence-electron chi connectivity index (χ3n) is 5.31. The Hall–Kier alpha value is -2.74. The summed E-state index contributed by atoms with van der Waals surface area (Å²) in [5.41, 5.74) is 1.06. The lowest BCUT2D eigenvalue weighted by Crippen LogP contribution is -2.34. The van der Waals surface area contributed by atoms with Crippen LogP contribution < -0.4 is 5.32 Å². The zero-order valence-electron chi connectivity index (χ0n) is 15.7. The Morgan fingerprint density at radius 1 is 1.18 bits per heavy atom. The number of hydrogen-bond acceptors (Lipinski definition) is 6. The van der Waals surface area contributed by atoms with E-state index >= 15 is 0 Å². The number of carbonyl (C=O) groups excluding carboxylic acids is 2. The van der Waals surface area contributed by atoms with E-state index in [2.05, 4.69) is 15.5 Å². The average Bonchev–Trinajstić information content (AvgIpc) is 3.35. The van der Waals surface area contributed by atoms with Crippen molar-refractivity contribution in [1.29, 1.82) is 0 Å². The van der Waals surface area contributed by atoms with E-state index in [1.54, 1.807) is 4.90 Å². The molecule has 8 nitrogen and oxygen atoms in total. The molecule has 1 aromatic heterocycles. The molecule has 0 saturated carbocycles. The lowest BCUT2D eigenvalue weighted by atomic mass is 9.99. The van der Waals surface area contributed by atoms with Crippen LogP contribution in [0, 0.1) is 5.92 Å². The molecule has 0 spiro atoms. The molecule has 2 aliphatic rings. The minimum Gasteiger partial charge on any atom is -0.381 e. The lowest BCUT2D eigenvalue weighted by Gasteiger charge is -2.22. The number of rotatable bonds is 6. The molecular formula is C20H24N4O4. The smallest absolute Gasteiger partial charge is 0.249 e. The number of benzene rings is 1. The third kappa shape index (κ3) is 4.22. The molecule has 2 aliphatic heterocycles.